The third kappa shape index (κ3) is 3.54. The Hall–Kier alpha value is -0.820. The van der Waals surface area contributed by atoms with Crippen LogP contribution in [0.4, 0.5) is 0 Å². The van der Waals surface area contributed by atoms with Crippen molar-refractivity contribution in [3.63, 3.8) is 0 Å². The first-order valence-corrected chi connectivity index (χ1v) is 10.6. The van der Waals surface area contributed by atoms with Gasteiger partial charge in [0.05, 0.1) is 0 Å². The summed E-state index contributed by atoms with van der Waals surface area (Å²) in [6.07, 6.45) is 13.9. The first kappa shape index (κ1) is 19.0. The van der Waals surface area contributed by atoms with E-state index in [-0.39, 0.29) is 0 Å². The largest absolute Gasteiger partial charge is 0.396 e. The molecule has 0 aliphatic heterocycles. The number of hydrogen-bond acceptors (Lipinski definition) is 1. The molecule has 3 saturated carbocycles. The maximum atomic E-state index is 9.68. The molecule has 3 rings (SSSR count). The Labute approximate surface area is 155 Å². The molecule has 0 heterocycles. The normalized spacial score (nSPS) is 43.5. The van der Waals surface area contributed by atoms with Crippen molar-refractivity contribution >= 4 is 0 Å². The SMILES string of the molecule is C=C1/C(=C\C=C2/CCC[C@]3(C)C([C@H](C)CO)CC[C@@H]23)C[C@@H](C)C[C@@H]1C. The van der Waals surface area contributed by atoms with Crippen LogP contribution in [0.15, 0.2) is 35.5 Å². The van der Waals surface area contributed by atoms with Gasteiger partial charge in [-0.3, -0.25) is 0 Å². The lowest BCUT2D eigenvalue weighted by molar-refractivity contribution is 0.0690. The Bertz CT molecular complexity index is 569. The Balaban J connectivity index is 1.82. The zero-order valence-electron chi connectivity index (χ0n) is 16.9. The molecule has 3 aliphatic carbocycles. The summed E-state index contributed by atoms with van der Waals surface area (Å²) in [4.78, 5) is 0. The Kier molecular flexibility index (Phi) is 5.63. The van der Waals surface area contributed by atoms with Gasteiger partial charge in [0, 0.05) is 6.61 Å². The number of aliphatic hydroxyl groups excluding tert-OH is 1. The van der Waals surface area contributed by atoms with Gasteiger partial charge >= 0.3 is 0 Å². The van der Waals surface area contributed by atoms with Crippen LogP contribution in [0.2, 0.25) is 0 Å². The fraction of sp³-hybridized carbons (Fsp3) is 0.750. The van der Waals surface area contributed by atoms with Gasteiger partial charge in [-0.15, -0.1) is 0 Å². The first-order chi connectivity index (χ1) is 11.9. The molecule has 3 fully saturated rings. The summed E-state index contributed by atoms with van der Waals surface area (Å²) in [6, 6.07) is 0. The van der Waals surface area contributed by atoms with Crippen LogP contribution in [0.25, 0.3) is 0 Å². The number of hydrogen-bond donors (Lipinski definition) is 1. The highest BCUT2D eigenvalue weighted by Crippen LogP contribution is 2.59. The molecule has 25 heavy (non-hydrogen) atoms. The zero-order valence-corrected chi connectivity index (χ0v) is 16.9. The lowest BCUT2D eigenvalue weighted by Crippen LogP contribution is -2.36. The van der Waals surface area contributed by atoms with E-state index in [0.29, 0.717) is 29.8 Å². The van der Waals surface area contributed by atoms with Gasteiger partial charge in [-0.25, -0.2) is 0 Å². The maximum absolute atomic E-state index is 9.68. The summed E-state index contributed by atoms with van der Waals surface area (Å²) < 4.78 is 0. The molecule has 0 aromatic rings. The van der Waals surface area contributed by atoms with Crippen LogP contribution in [0.3, 0.4) is 0 Å². The van der Waals surface area contributed by atoms with E-state index in [1.54, 1.807) is 5.57 Å². The van der Waals surface area contributed by atoms with Gasteiger partial charge in [0.15, 0.2) is 0 Å². The third-order valence-corrected chi connectivity index (χ3v) is 7.84. The second-order valence-corrected chi connectivity index (χ2v) is 9.66. The number of aliphatic hydroxyl groups is 1. The van der Waals surface area contributed by atoms with Crippen LogP contribution >= 0.6 is 0 Å². The highest BCUT2D eigenvalue weighted by Gasteiger charge is 2.50. The molecule has 0 saturated heterocycles. The van der Waals surface area contributed by atoms with Gasteiger partial charge < -0.3 is 5.11 Å². The second-order valence-electron chi connectivity index (χ2n) is 9.66. The Morgan fingerprint density at radius 3 is 2.76 bits per heavy atom. The lowest BCUT2D eigenvalue weighted by atomic mass is 9.61. The number of allylic oxidation sites excluding steroid dienone is 5. The van der Waals surface area contributed by atoms with Crippen LogP contribution in [0.1, 0.15) is 72.6 Å². The summed E-state index contributed by atoms with van der Waals surface area (Å²) in [5.41, 5.74) is 4.93. The van der Waals surface area contributed by atoms with Gasteiger partial charge in [-0.2, -0.15) is 0 Å². The molecular formula is C24H38O. The van der Waals surface area contributed by atoms with Gasteiger partial charge in [-0.05, 0) is 91.1 Å². The Morgan fingerprint density at radius 1 is 1.28 bits per heavy atom. The monoisotopic (exact) mass is 342 g/mol. The number of fused-ring (bicyclic) bond motifs is 1. The minimum absolute atomic E-state index is 0.339. The van der Waals surface area contributed by atoms with E-state index >= 15 is 0 Å². The predicted molar refractivity (Wildman–Crippen MR) is 107 cm³/mol. The van der Waals surface area contributed by atoms with Crippen molar-refractivity contribution in [2.75, 3.05) is 6.61 Å². The molecule has 0 aromatic heterocycles. The van der Waals surface area contributed by atoms with Crippen molar-refractivity contribution in [3.8, 4) is 0 Å². The van der Waals surface area contributed by atoms with Crippen molar-refractivity contribution in [1.82, 2.24) is 0 Å². The smallest absolute Gasteiger partial charge is 0.0459 e. The molecule has 0 radical (unpaired) electrons. The van der Waals surface area contributed by atoms with Gasteiger partial charge in [0.25, 0.3) is 0 Å². The van der Waals surface area contributed by atoms with Gasteiger partial charge in [0.2, 0.25) is 0 Å². The molecule has 140 valence electrons. The van der Waals surface area contributed by atoms with Gasteiger partial charge in [0.1, 0.15) is 0 Å². The topological polar surface area (TPSA) is 20.2 Å². The third-order valence-electron chi connectivity index (χ3n) is 7.84. The highest BCUT2D eigenvalue weighted by molar-refractivity contribution is 5.37. The van der Waals surface area contributed by atoms with Crippen LogP contribution in [-0.4, -0.2) is 11.7 Å². The Morgan fingerprint density at radius 2 is 2.04 bits per heavy atom. The molecule has 0 bridgehead atoms. The standard InChI is InChI=1S/C24H38O/c1-16-13-17(2)19(4)21(14-16)9-8-20-7-6-12-24(5)22(18(3)15-25)10-11-23(20)24/h8-9,16-18,22-23,25H,4,6-7,10-15H2,1-3,5H3/b20-8+,21-9-/t16-,17-,18+,22?,23-,24+/m0/s1. The quantitative estimate of drug-likeness (QED) is 0.637. The van der Waals surface area contributed by atoms with Crippen molar-refractivity contribution in [2.45, 2.75) is 72.6 Å². The van der Waals surface area contributed by atoms with E-state index in [1.807, 2.05) is 0 Å². The predicted octanol–water partition coefficient (Wildman–Crippen LogP) is 6.31. The molecule has 1 N–H and O–H groups in total. The maximum Gasteiger partial charge on any atom is 0.0459 e. The summed E-state index contributed by atoms with van der Waals surface area (Å²) >= 11 is 0. The van der Waals surface area contributed by atoms with E-state index in [9.17, 15) is 5.11 Å². The van der Waals surface area contributed by atoms with Crippen LogP contribution < -0.4 is 0 Å². The minimum Gasteiger partial charge on any atom is -0.396 e. The van der Waals surface area contributed by atoms with Crippen LogP contribution in [0.5, 0.6) is 0 Å². The molecule has 1 heteroatoms. The van der Waals surface area contributed by atoms with Crippen molar-refractivity contribution < 1.29 is 5.11 Å². The highest BCUT2D eigenvalue weighted by atomic mass is 16.3. The fourth-order valence-corrected chi connectivity index (χ4v) is 6.38. The van der Waals surface area contributed by atoms with E-state index in [4.69, 9.17) is 0 Å². The molecule has 0 aromatic carbocycles. The molecule has 6 atom stereocenters. The van der Waals surface area contributed by atoms with Crippen molar-refractivity contribution in [1.29, 1.82) is 0 Å². The molecule has 1 unspecified atom stereocenters. The minimum atomic E-state index is 0.339. The van der Waals surface area contributed by atoms with Gasteiger partial charge in [-0.1, -0.05) is 52.0 Å². The molecule has 3 aliphatic rings. The van der Waals surface area contributed by atoms with E-state index in [2.05, 4.69) is 46.4 Å². The molecule has 1 nitrogen and oxygen atoms in total. The average molecular weight is 343 g/mol. The van der Waals surface area contributed by atoms with Crippen molar-refractivity contribution in [2.24, 2.45) is 35.0 Å². The average Bonchev–Trinajstić information content (AvgIpc) is 2.93. The second kappa shape index (κ2) is 7.43. The van der Waals surface area contributed by atoms with E-state index in [1.165, 1.54) is 56.1 Å². The summed E-state index contributed by atoms with van der Waals surface area (Å²) in [6.45, 7) is 14.2. The van der Waals surface area contributed by atoms with E-state index < -0.39 is 0 Å². The molecular weight excluding hydrogens is 304 g/mol. The first-order valence-electron chi connectivity index (χ1n) is 10.6. The summed E-state index contributed by atoms with van der Waals surface area (Å²) in [7, 11) is 0. The van der Waals surface area contributed by atoms with Crippen LogP contribution in [-0.2, 0) is 0 Å². The fourth-order valence-electron chi connectivity index (χ4n) is 6.38. The zero-order chi connectivity index (χ0) is 18.2. The molecule has 0 spiro atoms. The summed E-state index contributed by atoms with van der Waals surface area (Å²) in [5, 5.41) is 9.68. The van der Waals surface area contributed by atoms with Crippen LogP contribution in [0, 0.1) is 35.0 Å². The van der Waals surface area contributed by atoms with Crippen molar-refractivity contribution in [3.05, 3.63) is 35.5 Å². The molecule has 0 amide bonds. The van der Waals surface area contributed by atoms with E-state index in [0.717, 1.165) is 11.8 Å². The number of rotatable bonds is 3. The lowest BCUT2D eigenvalue weighted by Gasteiger charge is -2.44. The summed E-state index contributed by atoms with van der Waals surface area (Å²) in [5.74, 6) is 3.26.